The predicted molar refractivity (Wildman–Crippen MR) is 77.1 cm³/mol. The summed E-state index contributed by atoms with van der Waals surface area (Å²) in [6, 6.07) is 4.22. The number of hydrogen-bond acceptors (Lipinski definition) is 2. The molecule has 0 saturated heterocycles. The number of carbonyl (C=O) groups is 2. The topological polar surface area (TPSA) is 57.6 Å². The summed E-state index contributed by atoms with van der Waals surface area (Å²) >= 11 is 12.1. The van der Waals surface area contributed by atoms with Crippen molar-refractivity contribution in [3.05, 3.63) is 33.8 Å². The number of nitrogens with zero attached hydrogens (tertiary/aromatic N) is 1. The molecule has 108 valence electrons. The summed E-state index contributed by atoms with van der Waals surface area (Å²) in [5.41, 5.74) is 0.545. The van der Waals surface area contributed by atoms with Crippen LogP contribution in [0.1, 0.15) is 25.3 Å². The third-order valence-electron chi connectivity index (χ3n) is 3.39. The summed E-state index contributed by atoms with van der Waals surface area (Å²) in [4.78, 5) is 24.9. The Labute approximate surface area is 127 Å². The monoisotopic (exact) mass is 315 g/mol. The van der Waals surface area contributed by atoms with E-state index in [0.717, 1.165) is 12.8 Å². The molecule has 0 heterocycles. The Morgan fingerprint density at radius 2 is 1.90 bits per heavy atom. The number of benzene rings is 1. The van der Waals surface area contributed by atoms with E-state index in [1.165, 1.54) is 11.8 Å². The lowest BCUT2D eigenvalue weighted by Gasteiger charge is -2.26. The van der Waals surface area contributed by atoms with Crippen LogP contribution in [0.25, 0.3) is 0 Å². The van der Waals surface area contributed by atoms with Crippen LogP contribution >= 0.6 is 23.2 Å². The first-order valence-corrected chi connectivity index (χ1v) is 7.14. The molecular weight excluding hydrogens is 301 g/mol. The molecule has 0 radical (unpaired) electrons. The van der Waals surface area contributed by atoms with Gasteiger partial charge in [0.25, 0.3) is 0 Å². The summed E-state index contributed by atoms with van der Waals surface area (Å²) in [7, 11) is 0. The standard InChI is InChI=1S/C14H15Cl2NO3/c1-8(14(19)20)17(9-5-6-9)13(18)7-10-11(15)3-2-4-12(10)16/h2-4,8-9H,5-7H2,1H3,(H,19,20). The number of rotatable bonds is 5. The second-order valence-electron chi connectivity index (χ2n) is 4.92. The zero-order valence-corrected chi connectivity index (χ0v) is 12.5. The summed E-state index contributed by atoms with van der Waals surface area (Å²) in [5.74, 6) is -1.26. The molecule has 1 saturated carbocycles. The van der Waals surface area contributed by atoms with Gasteiger partial charge in [-0.25, -0.2) is 4.79 Å². The number of amides is 1. The van der Waals surface area contributed by atoms with Crippen LogP contribution in [0.15, 0.2) is 18.2 Å². The third-order valence-corrected chi connectivity index (χ3v) is 4.10. The van der Waals surface area contributed by atoms with Crippen molar-refractivity contribution >= 4 is 35.1 Å². The van der Waals surface area contributed by atoms with Gasteiger partial charge in [0.1, 0.15) is 6.04 Å². The van der Waals surface area contributed by atoms with Gasteiger partial charge in [-0.2, -0.15) is 0 Å². The smallest absolute Gasteiger partial charge is 0.326 e. The van der Waals surface area contributed by atoms with E-state index >= 15 is 0 Å². The van der Waals surface area contributed by atoms with Crippen molar-refractivity contribution in [1.82, 2.24) is 4.90 Å². The summed E-state index contributed by atoms with van der Waals surface area (Å²) in [5, 5.41) is 9.95. The average Bonchev–Trinajstić information content (AvgIpc) is 3.18. The molecule has 1 amide bonds. The molecule has 4 nitrogen and oxygen atoms in total. The zero-order valence-electron chi connectivity index (χ0n) is 11.0. The first-order chi connectivity index (χ1) is 9.41. The Bertz CT molecular complexity index is 523. The lowest BCUT2D eigenvalue weighted by Crippen LogP contribution is -2.45. The minimum Gasteiger partial charge on any atom is -0.480 e. The maximum atomic E-state index is 12.4. The number of halogens is 2. The molecule has 6 heteroatoms. The van der Waals surface area contributed by atoms with Crippen molar-refractivity contribution in [1.29, 1.82) is 0 Å². The van der Waals surface area contributed by atoms with Gasteiger partial charge in [-0.15, -0.1) is 0 Å². The number of carboxylic acids is 1. The first kappa shape index (κ1) is 15.1. The summed E-state index contributed by atoms with van der Waals surface area (Å²) < 4.78 is 0. The van der Waals surface area contributed by atoms with Crippen molar-refractivity contribution in [3.63, 3.8) is 0 Å². The van der Waals surface area contributed by atoms with Gasteiger partial charge < -0.3 is 10.0 Å². The quantitative estimate of drug-likeness (QED) is 0.908. The van der Waals surface area contributed by atoms with E-state index in [2.05, 4.69) is 0 Å². The van der Waals surface area contributed by atoms with E-state index in [4.69, 9.17) is 28.3 Å². The highest BCUT2D eigenvalue weighted by molar-refractivity contribution is 6.36. The molecule has 1 aliphatic carbocycles. The second kappa shape index (κ2) is 6.02. The van der Waals surface area contributed by atoms with Gasteiger partial charge in [-0.3, -0.25) is 4.79 Å². The number of carboxylic acid groups (broad SMARTS) is 1. The normalized spacial score (nSPS) is 15.8. The Morgan fingerprint density at radius 1 is 1.35 bits per heavy atom. The van der Waals surface area contributed by atoms with Crippen LogP contribution in [0, 0.1) is 0 Å². The molecule has 20 heavy (non-hydrogen) atoms. The van der Waals surface area contributed by atoms with E-state index < -0.39 is 12.0 Å². The Kier molecular flexibility index (Phi) is 4.55. The minimum absolute atomic E-state index is 0.0205. The molecule has 1 unspecified atom stereocenters. The highest BCUT2D eigenvalue weighted by Crippen LogP contribution is 2.31. The van der Waals surface area contributed by atoms with Crippen LogP contribution < -0.4 is 0 Å². The molecule has 0 aromatic heterocycles. The third kappa shape index (κ3) is 3.25. The van der Waals surface area contributed by atoms with E-state index in [9.17, 15) is 9.59 Å². The van der Waals surface area contributed by atoms with Gasteiger partial charge in [0, 0.05) is 16.1 Å². The van der Waals surface area contributed by atoms with Crippen LogP contribution in [0.5, 0.6) is 0 Å². The zero-order chi connectivity index (χ0) is 14.9. The van der Waals surface area contributed by atoms with Crippen LogP contribution in [-0.2, 0) is 16.0 Å². The van der Waals surface area contributed by atoms with Gasteiger partial charge in [-0.1, -0.05) is 29.3 Å². The van der Waals surface area contributed by atoms with Crippen LogP contribution in [0.2, 0.25) is 10.0 Å². The van der Waals surface area contributed by atoms with E-state index in [-0.39, 0.29) is 18.4 Å². The molecule has 1 atom stereocenters. The second-order valence-corrected chi connectivity index (χ2v) is 5.74. The van der Waals surface area contributed by atoms with Gasteiger partial charge >= 0.3 is 5.97 Å². The van der Waals surface area contributed by atoms with Gasteiger partial charge in [0.05, 0.1) is 6.42 Å². The number of carbonyl (C=O) groups excluding carboxylic acids is 1. The van der Waals surface area contributed by atoms with Crippen molar-refractivity contribution in [2.75, 3.05) is 0 Å². The Balaban J connectivity index is 2.19. The molecule has 0 bridgehead atoms. The Morgan fingerprint density at radius 3 is 2.35 bits per heavy atom. The molecular formula is C14H15Cl2NO3. The van der Waals surface area contributed by atoms with E-state index in [1.54, 1.807) is 18.2 Å². The molecule has 2 rings (SSSR count). The highest BCUT2D eigenvalue weighted by Gasteiger charge is 2.38. The highest BCUT2D eigenvalue weighted by atomic mass is 35.5. The molecule has 1 aromatic carbocycles. The molecule has 1 aliphatic rings. The van der Waals surface area contributed by atoms with Gasteiger partial charge in [0.15, 0.2) is 0 Å². The maximum absolute atomic E-state index is 12.4. The summed E-state index contributed by atoms with van der Waals surface area (Å²) in [6.07, 6.45) is 1.71. The maximum Gasteiger partial charge on any atom is 0.326 e. The fourth-order valence-corrected chi connectivity index (χ4v) is 2.68. The van der Waals surface area contributed by atoms with Crippen LogP contribution in [-0.4, -0.2) is 34.0 Å². The van der Waals surface area contributed by atoms with Crippen molar-refractivity contribution in [2.45, 2.75) is 38.3 Å². The molecule has 1 N–H and O–H groups in total. The molecule has 1 aromatic rings. The minimum atomic E-state index is -1.00. The predicted octanol–water partition coefficient (Wildman–Crippen LogP) is 3.00. The largest absolute Gasteiger partial charge is 0.480 e. The van der Waals surface area contributed by atoms with Crippen molar-refractivity contribution in [2.24, 2.45) is 0 Å². The van der Waals surface area contributed by atoms with Crippen molar-refractivity contribution in [3.8, 4) is 0 Å². The fourth-order valence-electron chi connectivity index (χ4n) is 2.15. The van der Waals surface area contributed by atoms with Gasteiger partial charge in [0.2, 0.25) is 5.91 Å². The van der Waals surface area contributed by atoms with Crippen LogP contribution in [0.4, 0.5) is 0 Å². The lowest BCUT2D eigenvalue weighted by atomic mass is 10.1. The first-order valence-electron chi connectivity index (χ1n) is 6.38. The van der Waals surface area contributed by atoms with Gasteiger partial charge in [-0.05, 0) is 37.5 Å². The molecule has 1 fully saturated rings. The van der Waals surface area contributed by atoms with E-state index in [1.807, 2.05) is 0 Å². The number of hydrogen-bond donors (Lipinski definition) is 1. The molecule has 0 aliphatic heterocycles. The summed E-state index contributed by atoms with van der Waals surface area (Å²) in [6.45, 7) is 1.52. The SMILES string of the molecule is CC(C(=O)O)N(C(=O)Cc1c(Cl)cccc1Cl)C1CC1. The number of aliphatic carboxylic acids is 1. The van der Waals surface area contributed by atoms with Crippen LogP contribution in [0.3, 0.4) is 0 Å². The van der Waals surface area contributed by atoms with Crippen molar-refractivity contribution < 1.29 is 14.7 Å². The fraction of sp³-hybridized carbons (Fsp3) is 0.429. The van der Waals surface area contributed by atoms with E-state index in [0.29, 0.717) is 15.6 Å². The molecule has 0 spiro atoms. The lowest BCUT2D eigenvalue weighted by molar-refractivity contribution is -0.149. The Hall–Kier alpha value is -1.26. The average molecular weight is 316 g/mol.